The van der Waals surface area contributed by atoms with Crippen molar-refractivity contribution in [3.05, 3.63) is 50.4 Å². The average Bonchev–Trinajstić information content (AvgIpc) is 3.15. The summed E-state index contributed by atoms with van der Waals surface area (Å²) in [5.74, 6) is 0.0491. The maximum atomic E-state index is 13.5. The predicted molar refractivity (Wildman–Crippen MR) is 132 cm³/mol. The third-order valence-corrected chi connectivity index (χ3v) is 7.28. The van der Waals surface area contributed by atoms with Crippen LogP contribution in [0.3, 0.4) is 0 Å². The van der Waals surface area contributed by atoms with Gasteiger partial charge in [-0.3, -0.25) is 9.59 Å². The van der Waals surface area contributed by atoms with Gasteiger partial charge in [-0.1, -0.05) is 0 Å². The number of rotatable bonds is 4. The number of anilines is 1. The largest absolute Gasteiger partial charge is 0.465 e. The van der Waals surface area contributed by atoms with Gasteiger partial charge in [-0.2, -0.15) is 0 Å². The summed E-state index contributed by atoms with van der Waals surface area (Å²) in [6.45, 7) is 9.23. The van der Waals surface area contributed by atoms with Crippen molar-refractivity contribution in [1.82, 2.24) is 10.3 Å². The lowest BCUT2D eigenvalue weighted by Gasteiger charge is -2.37. The smallest absolute Gasteiger partial charge is 0.404 e. The lowest BCUT2D eigenvalue weighted by Crippen LogP contribution is -2.47. The number of carboxylic acid groups (broad SMARTS) is 1. The number of hydrogen-bond acceptors (Lipinski definition) is 5. The number of ether oxygens (including phenoxy) is 2. The molecule has 0 saturated heterocycles. The minimum Gasteiger partial charge on any atom is -0.465 e. The lowest BCUT2D eigenvalue weighted by atomic mass is 9.81. The number of aromatic amines is 1. The molecule has 1 aromatic carbocycles. The second-order valence-electron chi connectivity index (χ2n) is 9.92. The summed E-state index contributed by atoms with van der Waals surface area (Å²) >= 11 is 0. The number of H-pyrrole nitrogens is 1. The molecular weight excluding hydrogens is 450 g/mol. The Balaban J connectivity index is 1.59. The van der Waals surface area contributed by atoms with Crippen LogP contribution in [-0.2, 0) is 0 Å². The highest BCUT2D eigenvalue weighted by Crippen LogP contribution is 2.50. The second-order valence-corrected chi connectivity index (χ2v) is 9.92. The molecule has 2 aromatic rings. The Morgan fingerprint density at radius 3 is 2.29 bits per heavy atom. The van der Waals surface area contributed by atoms with Crippen molar-refractivity contribution < 1.29 is 24.2 Å². The summed E-state index contributed by atoms with van der Waals surface area (Å²) in [6.07, 6.45) is 1.95. The van der Waals surface area contributed by atoms with Crippen LogP contribution in [-0.4, -0.2) is 41.0 Å². The number of fused-ring (bicyclic) bond motifs is 1. The van der Waals surface area contributed by atoms with Crippen molar-refractivity contribution in [3.63, 3.8) is 0 Å². The number of benzene rings is 1. The van der Waals surface area contributed by atoms with E-state index in [4.69, 9.17) is 14.6 Å². The Labute approximate surface area is 204 Å². The molecule has 2 heterocycles. The molecular formula is C26H33N3O6. The van der Waals surface area contributed by atoms with Crippen LogP contribution < -0.4 is 25.2 Å². The second kappa shape index (κ2) is 8.94. The normalized spacial score (nSPS) is 23.1. The van der Waals surface area contributed by atoms with Crippen LogP contribution in [0.25, 0.3) is 0 Å². The lowest BCUT2D eigenvalue weighted by molar-refractivity contribution is -0.121. The first-order valence-corrected chi connectivity index (χ1v) is 11.9. The highest BCUT2D eigenvalue weighted by molar-refractivity contribution is 6.07. The molecule has 1 fully saturated rings. The molecule has 1 aromatic heterocycles. The molecule has 1 aliphatic carbocycles. The Hall–Kier alpha value is -3.49. The van der Waals surface area contributed by atoms with Crippen molar-refractivity contribution in [2.45, 2.75) is 72.1 Å². The van der Waals surface area contributed by atoms with Crippen LogP contribution in [0.15, 0.2) is 16.9 Å². The van der Waals surface area contributed by atoms with E-state index in [-0.39, 0.29) is 23.4 Å². The summed E-state index contributed by atoms with van der Waals surface area (Å²) in [6, 6.07) is 3.56. The van der Waals surface area contributed by atoms with Crippen LogP contribution in [0, 0.1) is 33.6 Å². The Morgan fingerprint density at radius 2 is 1.69 bits per heavy atom. The Morgan fingerprint density at radius 1 is 1.06 bits per heavy atom. The maximum Gasteiger partial charge on any atom is 0.404 e. The molecule has 9 heteroatoms. The van der Waals surface area contributed by atoms with Crippen LogP contribution in [0.1, 0.15) is 65.3 Å². The number of aryl methyl sites for hydroxylation is 3. The van der Waals surface area contributed by atoms with Gasteiger partial charge < -0.3 is 29.8 Å². The maximum absolute atomic E-state index is 13.5. The topological polar surface area (TPSA) is 121 Å². The number of carbonyl (C=O) groups excluding carboxylic acids is 1. The van der Waals surface area contributed by atoms with Gasteiger partial charge in [0.15, 0.2) is 11.5 Å². The molecule has 35 heavy (non-hydrogen) atoms. The van der Waals surface area contributed by atoms with E-state index in [9.17, 15) is 14.4 Å². The molecule has 188 valence electrons. The van der Waals surface area contributed by atoms with E-state index in [2.05, 4.69) is 10.3 Å². The number of nitrogens with zero attached hydrogens (tertiary/aromatic N) is 1. The first-order chi connectivity index (χ1) is 16.4. The molecule has 2 amide bonds. The fraction of sp³-hybridized carbons (Fsp3) is 0.500. The molecule has 1 aliphatic heterocycles. The third-order valence-electron chi connectivity index (χ3n) is 7.28. The number of carbonyl (C=O) groups is 2. The number of pyridine rings is 1. The van der Waals surface area contributed by atoms with Gasteiger partial charge in [0, 0.05) is 42.8 Å². The van der Waals surface area contributed by atoms with Gasteiger partial charge in [-0.25, -0.2) is 4.79 Å². The fourth-order valence-electron chi connectivity index (χ4n) is 5.41. The summed E-state index contributed by atoms with van der Waals surface area (Å²) in [5, 5.41) is 11.6. The van der Waals surface area contributed by atoms with E-state index in [1.165, 1.54) is 4.90 Å². The first kappa shape index (κ1) is 24.6. The Kier molecular flexibility index (Phi) is 6.29. The molecule has 9 nitrogen and oxygen atoms in total. The van der Waals surface area contributed by atoms with Gasteiger partial charge in [0.25, 0.3) is 17.3 Å². The Bertz CT molecular complexity index is 1240. The SMILES string of the molecule is Cc1cc(C)c(N(C)C(=O)c2cc(C)c3c(c2C)OC(C)(C2CCC(NC(=O)O)CC2)O3)c(=O)[nH]1. The van der Waals surface area contributed by atoms with Crippen LogP contribution in [0.4, 0.5) is 10.5 Å². The summed E-state index contributed by atoms with van der Waals surface area (Å²) in [4.78, 5) is 41.2. The van der Waals surface area contributed by atoms with Crippen LogP contribution in [0.5, 0.6) is 11.5 Å². The van der Waals surface area contributed by atoms with Crippen LogP contribution >= 0.6 is 0 Å². The van der Waals surface area contributed by atoms with E-state index in [0.29, 0.717) is 41.2 Å². The standard InChI is InChI=1S/C26H33N3O6/c1-13-11-15(3)27-23(30)20(13)29(6)24(31)19-12-14(2)21-22(16(19)4)35-26(5,34-21)17-7-9-18(10-8-17)28-25(32)33/h11-12,17-18,28H,7-10H2,1-6H3,(H,27,30)(H,32,33). The number of nitrogens with one attached hydrogen (secondary N) is 2. The monoisotopic (exact) mass is 483 g/mol. The van der Waals surface area contributed by atoms with Crippen molar-refractivity contribution in [3.8, 4) is 11.5 Å². The van der Waals surface area contributed by atoms with Crippen molar-refractivity contribution in [2.75, 3.05) is 11.9 Å². The molecule has 0 bridgehead atoms. The highest BCUT2D eigenvalue weighted by atomic mass is 16.7. The number of amides is 2. The summed E-state index contributed by atoms with van der Waals surface area (Å²) in [5.41, 5.74) is 3.35. The van der Waals surface area contributed by atoms with E-state index < -0.39 is 11.9 Å². The zero-order chi connectivity index (χ0) is 25.7. The average molecular weight is 484 g/mol. The van der Waals surface area contributed by atoms with E-state index in [1.54, 1.807) is 20.0 Å². The van der Waals surface area contributed by atoms with Crippen molar-refractivity contribution in [2.24, 2.45) is 5.92 Å². The molecule has 2 aliphatic rings. The fourth-order valence-corrected chi connectivity index (χ4v) is 5.41. The minimum atomic E-state index is -1.00. The van der Waals surface area contributed by atoms with Crippen molar-refractivity contribution in [1.29, 1.82) is 0 Å². The minimum absolute atomic E-state index is 0.0623. The predicted octanol–water partition coefficient (Wildman–Crippen LogP) is 4.20. The first-order valence-electron chi connectivity index (χ1n) is 11.9. The van der Waals surface area contributed by atoms with Gasteiger partial charge >= 0.3 is 6.09 Å². The summed E-state index contributed by atoms with van der Waals surface area (Å²) in [7, 11) is 1.60. The van der Waals surface area contributed by atoms with Gasteiger partial charge in [0.2, 0.25) is 0 Å². The van der Waals surface area contributed by atoms with E-state index in [0.717, 1.165) is 29.7 Å². The molecule has 1 saturated carbocycles. The molecule has 1 unspecified atom stereocenters. The summed E-state index contributed by atoms with van der Waals surface area (Å²) < 4.78 is 12.8. The zero-order valence-electron chi connectivity index (χ0n) is 21.1. The highest BCUT2D eigenvalue weighted by Gasteiger charge is 2.47. The van der Waals surface area contributed by atoms with Gasteiger partial charge in [0.1, 0.15) is 5.69 Å². The number of hydrogen-bond donors (Lipinski definition) is 3. The molecule has 1 atom stereocenters. The third kappa shape index (κ3) is 4.47. The molecule has 3 N–H and O–H groups in total. The van der Waals surface area contributed by atoms with Gasteiger partial charge in [0.05, 0.1) is 0 Å². The van der Waals surface area contributed by atoms with E-state index >= 15 is 0 Å². The van der Waals surface area contributed by atoms with E-state index in [1.807, 2.05) is 33.8 Å². The molecule has 4 rings (SSSR count). The van der Waals surface area contributed by atoms with Gasteiger partial charge in [-0.15, -0.1) is 0 Å². The quantitative estimate of drug-likeness (QED) is 0.599. The van der Waals surface area contributed by atoms with Gasteiger partial charge in [-0.05, 0) is 76.6 Å². The zero-order valence-corrected chi connectivity index (χ0v) is 21.1. The van der Waals surface area contributed by atoms with Crippen molar-refractivity contribution >= 4 is 17.7 Å². The molecule has 0 spiro atoms. The number of aromatic nitrogens is 1. The molecule has 0 radical (unpaired) electrons. The van der Waals surface area contributed by atoms with Crippen LogP contribution in [0.2, 0.25) is 0 Å².